The molecular weight excluding hydrogens is 473 g/mol. The van der Waals surface area contributed by atoms with Gasteiger partial charge in [-0.2, -0.15) is 0 Å². The van der Waals surface area contributed by atoms with Crippen LogP contribution in [0.15, 0.2) is 30.6 Å². The topological polar surface area (TPSA) is 92.6 Å². The fraction of sp³-hybridized carbons (Fsp3) is 0.538. The molecule has 0 saturated carbocycles. The number of carboxylic acid groups (broad SMARTS) is 1. The minimum atomic E-state index is -0.827. The van der Waals surface area contributed by atoms with Gasteiger partial charge in [0.15, 0.2) is 0 Å². The number of hydrogen-bond acceptors (Lipinski definition) is 6. The van der Waals surface area contributed by atoms with Crippen molar-refractivity contribution in [3.63, 3.8) is 0 Å². The van der Waals surface area contributed by atoms with Crippen LogP contribution in [-0.2, 0) is 16.0 Å². The molecule has 1 fully saturated rings. The Balaban J connectivity index is 1.30. The van der Waals surface area contributed by atoms with E-state index in [1.165, 1.54) is 6.07 Å². The zero-order valence-electron chi connectivity index (χ0n) is 19.9. The fourth-order valence-electron chi connectivity index (χ4n) is 4.29. The van der Waals surface area contributed by atoms with Crippen molar-refractivity contribution in [1.82, 2.24) is 9.97 Å². The number of anilines is 1. The van der Waals surface area contributed by atoms with Crippen molar-refractivity contribution in [3.8, 4) is 5.75 Å². The lowest BCUT2D eigenvalue weighted by Crippen LogP contribution is -2.34. The largest absolute Gasteiger partial charge is 0.493 e. The Kier molecular flexibility index (Phi) is 10.7. The van der Waals surface area contributed by atoms with E-state index in [2.05, 4.69) is 14.9 Å². The summed E-state index contributed by atoms with van der Waals surface area (Å²) in [6.07, 6.45) is 9.69. The molecule has 1 N–H and O–H groups in total. The van der Waals surface area contributed by atoms with Gasteiger partial charge in [0.2, 0.25) is 5.95 Å². The second-order valence-electron chi connectivity index (χ2n) is 9.05. The smallest absolute Gasteiger partial charge is 0.303 e. The minimum absolute atomic E-state index is 0.0402. The number of rotatable bonds is 14. The molecule has 1 saturated heterocycles. The van der Waals surface area contributed by atoms with E-state index in [1.807, 2.05) is 0 Å². The van der Waals surface area contributed by atoms with Crippen LogP contribution >= 0.6 is 11.6 Å². The van der Waals surface area contributed by atoms with Crippen LogP contribution in [0.1, 0.15) is 63.4 Å². The second-order valence-corrected chi connectivity index (χ2v) is 9.48. The molecule has 1 aromatic heterocycles. The predicted molar refractivity (Wildman–Crippen MR) is 133 cm³/mol. The van der Waals surface area contributed by atoms with E-state index in [-0.39, 0.29) is 18.6 Å². The number of ether oxygens (including phenoxy) is 1. The number of hydrogen-bond donors (Lipinski definition) is 1. The number of benzene rings is 1. The van der Waals surface area contributed by atoms with Crippen LogP contribution in [0.5, 0.6) is 5.75 Å². The molecule has 0 radical (unpaired) electrons. The zero-order valence-corrected chi connectivity index (χ0v) is 20.7. The molecule has 7 nitrogen and oxygen atoms in total. The summed E-state index contributed by atoms with van der Waals surface area (Å²) in [6, 6.07) is 4.67. The summed E-state index contributed by atoms with van der Waals surface area (Å²) in [5.41, 5.74) is 0.365. The Morgan fingerprint density at radius 3 is 2.49 bits per heavy atom. The number of ketones is 1. The van der Waals surface area contributed by atoms with Crippen molar-refractivity contribution in [2.75, 3.05) is 24.6 Å². The highest BCUT2D eigenvalue weighted by Gasteiger charge is 2.20. The van der Waals surface area contributed by atoms with Crippen molar-refractivity contribution in [2.24, 2.45) is 5.92 Å². The number of carbonyl (C=O) groups excluding carboxylic acids is 1. The number of aromatic nitrogens is 2. The first-order valence-corrected chi connectivity index (χ1v) is 12.7. The van der Waals surface area contributed by atoms with Crippen LogP contribution in [0.25, 0.3) is 0 Å². The van der Waals surface area contributed by atoms with Crippen LogP contribution in [0.2, 0.25) is 5.02 Å². The van der Waals surface area contributed by atoms with Crippen LogP contribution in [0.3, 0.4) is 0 Å². The Bertz CT molecular complexity index is 966. The van der Waals surface area contributed by atoms with Gasteiger partial charge in [0, 0.05) is 38.4 Å². The number of piperidine rings is 1. The lowest BCUT2D eigenvalue weighted by molar-refractivity contribution is -0.137. The molecular formula is C26H33ClFN3O4. The van der Waals surface area contributed by atoms with E-state index in [0.717, 1.165) is 44.7 Å². The van der Waals surface area contributed by atoms with E-state index in [1.54, 1.807) is 24.5 Å². The SMILES string of the molecule is O=C(O)CCCCCC(=O)Cc1ccc(OCCCC2CCN(c3ncc(Cl)cn3)CC2)cc1F. The first kappa shape index (κ1) is 26.9. The van der Waals surface area contributed by atoms with E-state index in [4.69, 9.17) is 21.4 Å². The molecule has 0 unspecified atom stereocenters. The monoisotopic (exact) mass is 505 g/mol. The molecule has 2 aromatic rings. The van der Waals surface area contributed by atoms with Gasteiger partial charge in [-0.05, 0) is 56.1 Å². The lowest BCUT2D eigenvalue weighted by Gasteiger charge is -2.31. The molecule has 0 bridgehead atoms. The van der Waals surface area contributed by atoms with Crippen molar-refractivity contribution in [3.05, 3.63) is 47.0 Å². The van der Waals surface area contributed by atoms with Crippen LogP contribution < -0.4 is 9.64 Å². The molecule has 3 rings (SSSR count). The molecule has 35 heavy (non-hydrogen) atoms. The van der Waals surface area contributed by atoms with Crippen LogP contribution in [-0.4, -0.2) is 46.5 Å². The van der Waals surface area contributed by atoms with Gasteiger partial charge in [-0.25, -0.2) is 14.4 Å². The summed E-state index contributed by atoms with van der Waals surface area (Å²) < 4.78 is 20.2. The molecule has 0 aliphatic carbocycles. The standard InChI is InChI=1S/C26H33ClFN3O4/c27-21-17-29-26(30-18-21)31-12-10-19(11-13-31)5-4-14-35-23-9-8-20(24(28)16-23)15-22(32)6-2-1-3-7-25(33)34/h8-9,16-19H,1-7,10-15H2,(H,33,34). The van der Waals surface area contributed by atoms with Crippen LogP contribution in [0, 0.1) is 11.7 Å². The summed E-state index contributed by atoms with van der Waals surface area (Å²) >= 11 is 5.85. The number of carbonyl (C=O) groups is 2. The second kappa shape index (κ2) is 14.0. The van der Waals surface area contributed by atoms with Gasteiger partial charge in [-0.15, -0.1) is 0 Å². The van der Waals surface area contributed by atoms with E-state index < -0.39 is 11.8 Å². The predicted octanol–water partition coefficient (Wildman–Crippen LogP) is 5.49. The van der Waals surface area contributed by atoms with Crippen molar-refractivity contribution in [1.29, 1.82) is 0 Å². The van der Waals surface area contributed by atoms with Crippen molar-refractivity contribution >= 4 is 29.3 Å². The minimum Gasteiger partial charge on any atom is -0.493 e. The average molecular weight is 506 g/mol. The quantitative estimate of drug-likeness (QED) is 0.339. The third-order valence-electron chi connectivity index (χ3n) is 6.29. The number of halogens is 2. The number of carboxylic acids is 1. The van der Waals surface area contributed by atoms with E-state index in [0.29, 0.717) is 54.5 Å². The highest BCUT2D eigenvalue weighted by Crippen LogP contribution is 2.25. The highest BCUT2D eigenvalue weighted by molar-refractivity contribution is 6.30. The number of unbranched alkanes of at least 4 members (excludes halogenated alkanes) is 2. The molecule has 1 aromatic carbocycles. The molecule has 1 aliphatic rings. The molecule has 190 valence electrons. The van der Waals surface area contributed by atoms with Gasteiger partial charge in [0.05, 0.1) is 24.0 Å². The maximum Gasteiger partial charge on any atom is 0.303 e. The molecule has 0 spiro atoms. The first-order chi connectivity index (χ1) is 16.9. The maximum absolute atomic E-state index is 14.4. The third-order valence-corrected chi connectivity index (χ3v) is 6.48. The van der Waals surface area contributed by atoms with E-state index in [9.17, 15) is 14.0 Å². The van der Waals surface area contributed by atoms with Gasteiger partial charge < -0.3 is 14.7 Å². The normalized spacial score (nSPS) is 14.2. The number of aliphatic carboxylic acids is 1. The summed E-state index contributed by atoms with van der Waals surface area (Å²) in [5.74, 6) is 0.518. The van der Waals surface area contributed by atoms with Gasteiger partial charge in [0.1, 0.15) is 17.3 Å². The Hall–Kier alpha value is -2.74. The van der Waals surface area contributed by atoms with Gasteiger partial charge >= 0.3 is 5.97 Å². The summed E-state index contributed by atoms with van der Waals surface area (Å²) in [6.45, 7) is 2.36. The fourth-order valence-corrected chi connectivity index (χ4v) is 4.39. The summed E-state index contributed by atoms with van der Waals surface area (Å²) in [5, 5.41) is 9.16. The van der Waals surface area contributed by atoms with Gasteiger partial charge in [0.25, 0.3) is 0 Å². The van der Waals surface area contributed by atoms with Gasteiger partial charge in [-0.1, -0.05) is 24.1 Å². The molecule has 0 amide bonds. The van der Waals surface area contributed by atoms with Crippen molar-refractivity contribution in [2.45, 2.75) is 64.2 Å². The summed E-state index contributed by atoms with van der Waals surface area (Å²) in [7, 11) is 0. The number of nitrogens with zero attached hydrogens (tertiary/aromatic N) is 3. The third kappa shape index (κ3) is 9.43. The van der Waals surface area contributed by atoms with Crippen molar-refractivity contribution < 1.29 is 23.8 Å². The molecule has 2 heterocycles. The van der Waals surface area contributed by atoms with Crippen LogP contribution in [0.4, 0.5) is 10.3 Å². The average Bonchev–Trinajstić information content (AvgIpc) is 2.84. The Labute approximate surface area is 210 Å². The van der Waals surface area contributed by atoms with Gasteiger partial charge in [-0.3, -0.25) is 9.59 Å². The first-order valence-electron chi connectivity index (χ1n) is 12.3. The lowest BCUT2D eigenvalue weighted by atomic mass is 9.92. The zero-order chi connectivity index (χ0) is 25.0. The molecule has 9 heteroatoms. The number of Topliss-reactive ketones (excluding diaryl/α,β-unsaturated/α-hetero) is 1. The maximum atomic E-state index is 14.4. The Morgan fingerprint density at radius 2 is 1.80 bits per heavy atom. The summed E-state index contributed by atoms with van der Waals surface area (Å²) in [4.78, 5) is 33.3. The molecule has 0 atom stereocenters. The Morgan fingerprint density at radius 1 is 1.09 bits per heavy atom. The highest BCUT2D eigenvalue weighted by atomic mass is 35.5. The van der Waals surface area contributed by atoms with E-state index >= 15 is 0 Å². The molecule has 1 aliphatic heterocycles.